The number of halogens is 1. The summed E-state index contributed by atoms with van der Waals surface area (Å²) in [5.41, 5.74) is 1.20. The van der Waals surface area contributed by atoms with Crippen LogP contribution in [0.25, 0.3) is 0 Å². The number of nitrogens with zero attached hydrogens (tertiary/aromatic N) is 2. The molecule has 3 rings (SSSR count). The van der Waals surface area contributed by atoms with Crippen molar-refractivity contribution in [1.29, 1.82) is 0 Å². The average molecular weight is 384 g/mol. The minimum absolute atomic E-state index is 0.200. The lowest BCUT2D eigenvalue weighted by atomic mass is 9.98. The number of carbonyl (C=O) groups is 2. The van der Waals surface area contributed by atoms with E-state index in [1.165, 1.54) is 0 Å². The quantitative estimate of drug-likeness (QED) is 0.699. The Morgan fingerprint density at radius 1 is 1.00 bits per heavy atom. The summed E-state index contributed by atoms with van der Waals surface area (Å²) in [6.07, 6.45) is 1.73. The summed E-state index contributed by atoms with van der Waals surface area (Å²) in [4.78, 5) is 25.2. The molecule has 6 heteroatoms. The van der Waals surface area contributed by atoms with Gasteiger partial charge in [0.2, 0.25) is 0 Å². The first-order valence-electron chi connectivity index (χ1n) is 7.25. The Morgan fingerprint density at radius 2 is 1.67 bits per heavy atom. The van der Waals surface area contributed by atoms with Crippen molar-refractivity contribution >= 4 is 33.4 Å². The third-order valence-electron chi connectivity index (χ3n) is 3.48. The lowest BCUT2D eigenvalue weighted by Crippen LogP contribution is -2.17. The number of amides is 1. The Morgan fingerprint density at radius 3 is 2.29 bits per heavy atom. The van der Waals surface area contributed by atoms with Gasteiger partial charge in [0.05, 0.1) is 5.56 Å². The lowest BCUT2D eigenvalue weighted by molar-refractivity contribution is 0.0996. The highest BCUT2D eigenvalue weighted by Crippen LogP contribution is 2.18. The summed E-state index contributed by atoms with van der Waals surface area (Å²) in [5.74, 6) is -0.127. The van der Waals surface area contributed by atoms with Gasteiger partial charge in [0.25, 0.3) is 5.91 Å². The van der Waals surface area contributed by atoms with Gasteiger partial charge < -0.3 is 5.32 Å². The molecule has 0 saturated carbocycles. The van der Waals surface area contributed by atoms with Crippen molar-refractivity contribution in [3.8, 4) is 0 Å². The predicted molar refractivity (Wildman–Crippen MR) is 95.2 cm³/mol. The molecule has 0 saturated heterocycles. The van der Waals surface area contributed by atoms with E-state index in [0.717, 1.165) is 4.47 Å². The maximum Gasteiger partial charge on any atom is 0.257 e. The van der Waals surface area contributed by atoms with Gasteiger partial charge in [0, 0.05) is 34.9 Å². The molecule has 1 heterocycles. The van der Waals surface area contributed by atoms with E-state index in [4.69, 9.17) is 0 Å². The van der Waals surface area contributed by atoms with Crippen LogP contribution < -0.4 is 5.32 Å². The van der Waals surface area contributed by atoms with E-state index in [1.54, 1.807) is 72.5 Å². The minimum atomic E-state index is -0.366. The van der Waals surface area contributed by atoms with Gasteiger partial charge in [0.15, 0.2) is 11.6 Å². The van der Waals surface area contributed by atoms with Gasteiger partial charge in [-0.25, -0.2) is 0 Å². The number of aromatic nitrogens is 2. The van der Waals surface area contributed by atoms with Gasteiger partial charge in [-0.3, -0.25) is 14.3 Å². The fraction of sp³-hybridized carbons (Fsp3) is 0.0556. The first kappa shape index (κ1) is 16.1. The summed E-state index contributed by atoms with van der Waals surface area (Å²) in [5, 5.41) is 6.82. The minimum Gasteiger partial charge on any atom is -0.305 e. The van der Waals surface area contributed by atoms with Crippen LogP contribution in [0.1, 0.15) is 26.3 Å². The van der Waals surface area contributed by atoms with E-state index in [0.29, 0.717) is 22.5 Å². The van der Waals surface area contributed by atoms with Gasteiger partial charge in [-0.1, -0.05) is 34.1 Å². The van der Waals surface area contributed by atoms with Crippen molar-refractivity contribution < 1.29 is 9.59 Å². The Kier molecular flexibility index (Phi) is 4.57. The number of carbonyl (C=O) groups excluding carboxylic acids is 2. The average Bonchev–Trinajstić information content (AvgIpc) is 3.00. The third kappa shape index (κ3) is 3.44. The molecule has 0 aliphatic rings. The summed E-state index contributed by atoms with van der Waals surface area (Å²) in [6, 6.07) is 15.5. The SMILES string of the molecule is Cn1ccc(NC(=O)c2ccccc2C(=O)c2ccc(Br)cc2)n1. The fourth-order valence-electron chi connectivity index (χ4n) is 2.30. The van der Waals surface area contributed by atoms with Crippen LogP contribution in [0.5, 0.6) is 0 Å². The predicted octanol–water partition coefficient (Wildman–Crippen LogP) is 3.67. The molecule has 0 atom stereocenters. The molecule has 0 fully saturated rings. The van der Waals surface area contributed by atoms with Crippen molar-refractivity contribution in [1.82, 2.24) is 9.78 Å². The van der Waals surface area contributed by atoms with Crippen LogP contribution in [0.4, 0.5) is 5.82 Å². The van der Waals surface area contributed by atoms with Crippen LogP contribution in [0.2, 0.25) is 0 Å². The molecule has 0 spiro atoms. The molecule has 1 N–H and O–H groups in total. The highest BCUT2D eigenvalue weighted by Gasteiger charge is 2.18. The first-order chi connectivity index (χ1) is 11.5. The number of ketones is 1. The van der Waals surface area contributed by atoms with Gasteiger partial charge in [0.1, 0.15) is 0 Å². The van der Waals surface area contributed by atoms with Crippen molar-refractivity contribution in [2.24, 2.45) is 7.05 Å². The number of nitrogens with one attached hydrogen (secondary N) is 1. The number of hydrogen-bond acceptors (Lipinski definition) is 3. The second-order valence-corrected chi connectivity index (χ2v) is 6.13. The smallest absolute Gasteiger partial charge is 0.257 e. The van der Waals surface area contributed by atoms with Crippen LogP contribution in [0.3, 0.4) is 0 Å². The number of hydrogen-bond donors (Lipinski definition) is 1. The Hall–Kier alpha value is -2.73. The van der Waals surface area contributed by atoms with E-state index in [2.05, 4.69) is 26.3 Å². The zero-order chi connectivity index (χ0) is 17.1. The Balaban J connectivity index is 1.91. The molecule has 120 valence electrons. The molecule has 0 unspecified atom stereocenters. The number of anilines is 1. The fourth-order valence-corrected chi connectivity index (χ4v) is 2.57. The number of aryl methyl sites for hydroxylation is 1. The number of benzene rings is 2. The van der Waals surface area contributed by atoms with E-state index >= 15 is 0 Å². The molecule has 0 radical (unpaired) electrons. The molecule has 5 nitrogen and oxygen atoms in total. The summed E-state index contributed by atoms with van der Waals surface area (Å²) in [7, 11) is 1.76. The zero-order valence-corrected chi connectivity index (χ0v) is 14.4. The number of rotatable bonds is 4. The third-order valence-corrected chi connectivity index (χ3v) is 4.01. The standard InChI is InChI=1S/C18H14BrN3O2/c1-22-11-10-16(21-22)20-18(24)15-5-3-2-4-14(15)17(23)12-6-8-13(19)9-7-12/h2-11H,1H3,(H,20,21,24). The molecule has 0 aliphatic heterocycles. The van der Waals surface area contributed by atoms with E-state index in [9.17, 15) is 9.59 Å². The molecule has 3 aromatic rings. The molecule has 0 bridgehead atoms. The van der Waals surface area contributed by atoms with Crippen molar-refractivity contribution in [2.75, 3.05) is 5.32 Å². The van der Waals surface area contributed by atoms with Crippen LogP contribution in [-0.4, -0.2) is 21.5 Å². The highest BCUT2D eigenvalue weighted by atomic mass is 79.9. The normalized spacial score (nSPS) is 10.4. The van der Waals surface area contributed by atoms with Crippen LogP contribution in [-0.2, 0) is 7.05 Å². The van der Waals surface area contributed by atoms with Crippen molar-refractivity contribution in [3.63, 3.8) is 0 Å². The summed E-state index contributed by atoms with van der Waals surface area (Å²) < 4.78 is 2.48. The van der Waals surface area contributed by atoms with Crippen molar-refractivity contribution in [3.05, 3.63) is 82.0 Å². The summed E-state index contributed by atoms with van der Waals surface area (Å²) >= 11 is 3.34. The second kappa shape index (κ2) is 6.80. The maximum absolute atomic E-state index is 12.7. The first-order valence-corrected chi connectivity index (χ1v) is 8.04. The molecule has 1 amide bonds. The van der Waals surface area contributed by atoms with E-state index in [1.807, 2.05) is 0 Å². The van der Waals surface area contributed by atoms with Crippen molar-refractivity contribution in [2.45, 2.75) is 0 Å². The summed E-state index contributed by atoms with van der Waals surface area (Å²) in [6.45, 7) is 0. The van der Waals surface area contributed by atoms with Crippen LogP contribution in [0.15, 0.2) is 65.3 Å². The van der Waals surface area contributed by atoms with Crippen LogP contribution in [0, 0.1) is 0 Å². The second-order valence-electron chi connectivity index (χ2n) is 5.21. The topological polar surface area (TPSA) is 64.0 Å². The molecule has 2 aromatic carbocycles. The van der Waals surface area contributed by atoms with E-state index in [-0.39, 0.29) is 11.7 Å². The zero-order valence-electron chi connectivity index (χ0n) is 12.9. The lowest BCUT2D eigenvalue weighted by Gasteiger charge is -2.08. The Bertz CT molecular complexity index is 901. The molecular formula is C18H14BrN3O2. The maximum atomic E-state index is 12.7. The van der Waals surface area contributed by atoms with Gasteiger partial charge in [-0.05, 0) is 30.3 Å². The van der Waals surface area contributed by atoms with Gasteiger partial charge in [-0.15, -0.1) is 0 Å². The van der Waals surface area contributed by atoms with E-state index < -0.39 is 0 Å². The monoisotopic (exact) mass is 383 g/mol. The largest absolute Gasteiger partial charge is 0.305 e. The molecule has 0 aliphatic carbocycles. The Labute approximate surface area is 147 Å². The molecule has 1 aromatic heterocycles. The molecule has 24 heavy (non-hydrogen) atoms. The van der Waals surface area contributed by atoms with Gasteiger partial charge in [-0.2, -0.15) is 5.10 Å². The highest BCUT2D eigenvalue weighted by molar-refractivity contribution is 9.10. The van der Waals surface area contributed by atoms with Gasteiger partial charge >= 0.3 is 0 Å². The van der Waals surface area contributed by atoms with Crippen LogP contribution >= 0.6 is 15.9 Å². The molecular weight excluding hydrogens is 370 g/mol.